The molecule has 0 aliphatic carbocycles. The van der Waals surface area contributed by atoms with E-state index in [9.17, 15) is 9.18 Å². The minimum absolute atomic E-state index is 0.230. The normalized spacial score (nSPS) is 11.3. The molecule has 0 spiro atoms. The van der Waals surface area contributed by atoms with E-state index in [1.54, 1.807) is 19.1 Å². The summed E-state index contributed by atoms with van der Waals surface area (Å²) in [5.41, 5.74) is 9.93. The first kappa shape index (κ1) is 18.2. The van der Waals surface area contributed by atoms with Gasteiger partial charge in [-0.05, 0) is 35.6 Å². The first-order valence-electron chi connectivity index (χ1n) is 9.23. The van der Waals surface area contributed by atoms with E-state index in [4.69, 9.17) is 10.5 Å². The number of carbonyl (C=O) groups is 1. The van der Waals surface area contributed by atoms with Gasteiger partial charge in [0.2, 0.25) is 0 Å². The Labute approximate surface area is 162 Å². The van der Waals surface area contributed by atoms with E-state index in [-0.39, 0.29) is 18.3 Å². The summed E-state index contributed by atoms with van der Waals surface area (Å²) in [6.45, 7) is 2.32. The number of hydrogen-bond donors (Lipinski definition) is 1. The van der Waals surface area contributed by atoms with Crippen molar-refractivity contribution >= 4 is 27.6 Å². The van der Waals surface area contributed by atoms with Gasteiger partial charge < -0.3 is 15.0 Å². The van der Waals surface area contributed by atoms with E-state index in [0.29, 0.717) is 17.6 Å². The molecule has 0 saturated heterocycles. The zero-order chi connectivity index (χ0) is 19.8. The van der Waals surface area contributed by atoms with Gasteiger partial charge in [-0.15, -0.1) is 0 Å². The lowest BCUT2D eigenvalue weighted by Gasteiger charge is -2.09. The average Bonchev–Trinajstić information content (AvgIpc) is 2.99. The Bertz CT molecular complexity index is 1210. The predicted octanol–water partition coefficient (Wildman–Crippen LogP) is 4.77. The molecule has 1 heterocycles. The van der Waals surface area contributed by atoms with Crippen molar-refractivity contribution in [3.8, 4) is 11.1 Å². The highest BCUT2D eigenvalue weighted by Gasteiger charge is 2.22. The number of aromatic nitrogens is 1. The molecule has 4 rings (SSSR count). The molecular weight excluding hydrogens is 355 g/mol. The molecular formula is C23H21FN2O2. The number of nitrogens with zero attached hydrogens (tertiary/aromatic N) is 1. The fraction of sp³-hybridized carbons (Fsp3) is 0.174. The Kier molecular flexibility index (Phi) is 4.61. The van der Waals surface area contributed by atoms with Gasteiger partial charge in [0.05, 0.1) is 12.2 Å². The fourth-order valence-electron chi connectivity index (χ4n) is 3.85. The number of fused-ring (bicyclic) bond motifs is 2. The molecule has 1 aromatic heterocycles. The lowest BCUT2D eigenvalue weighted by molar-refractivity contribution is 0.0527. The minimum atomic E-state index is -0.367. The highest BCUT2D eigenvalue weighted by Crippen LogP contribution is 2.34. The molecule has 142 valence electrons. The lowest BCUT2D eigenvalue weighted by Crippen LogP contribution is -2.12. The molecule has 4 nitrogen and oxygen atoms in total. The molecule has 0 amide bonds. The van der Waals surface area contributed by atoms with Crippen molar-refractivity contribution in [1.82, 2.24) is 4.57 Å². The van der Waals surface area contributed by atoms with Gasteiger partial charge in [-0.1, -0.05) is 42.5 Å². The van der Waals surface area contributed by atoms with Crippen LogP contribution in [0.5, 0.6) is 0 Å². The number of carbonyl (C=O) groups excluding carboxylic acids is 1. The molecule has 0 aliphatic heterocycles. The molecule has 3 aromatic carbocycles. The molecule has 5 heteroatoms. The highest BCUT2D eigenvalue weighted by atomic mass is 19.1. The van der Waals surface area contributed by atoms with Crippen LogP contribution in [-0.4, -0.2) is 17.1 Å². The van der Waals surface area contributed by atoms with E-state index in [1.165, 1.54) is 6.07 Å². The second-order valence-corrected chi connectivity index (χ2v) is 6.68. The molecule has 0 unspecified atom stereocenters. The zero-order valence-electron chi connectivity index (χ0n) is 15.8. The number of benzene rings is 3. The summed E-state index contributed by atoms with van der Waals surface area (Å²) in [4.78, 5) is 12.5. The summed E-state index contributed by atoms with van der Waals surface area (Å²) in [6, 6.07) is 16.6. The molecule has 0 fully saturated rings. The topological polar surface area (TPSA) is 57.2 Å². The summed E-state index contributed by atoms with van der Waals surface area (Å²) >= 11 is 0. The molecule has 0 aliphatic rings. The number of halogens is 1. The van der Waals surface area contributed by atoms with Crippen LogP contribution in [-0.2, 0) is 18.3 Å². The van der Waals surface area contributed by atoms with Gasteiger partial charge in [0.25, 0.3) is 0 Å². The number of esters is 1. The molecule has 0 radical (unpaired) electrons. The third-order valence-corrected chi connectivity index (χ3v) is 5.17. The average molecular weight is 376 g/mol. The summed E-state index contributed by atoms with van der Waals surface area (Å²) in [5, 5.41) is 2.24. The number of rotatable bonds is 4. The Morgan fingerprint density at radius 2 is 1.82 bits per heavy atom. The van der Waals surface area contributed by atoms with Gasteiger partial charge in [-0.3, -0.25) is 0 Å². The van der Waals surface area contributed by atoms with Crippen LogP contribution in [0.25, 0.3) is 32.8 Å². The second-order valence-electron chi connectivity index (χ2n) is 6.68. The Morgan fingerprint density at radius 3 is 2.57 bits per heavy atom. The Morgan fingerprint density at radius 1 is 1.07 bits per heavy atom. The summed E-state index contributed by atoms with van der Waals surface area (Å²) in [6.07, 6.45) is 0. The van der Waals surface area contributed by atoms with E-state index in [1.807, 2.05) is 48.0 Å². The van der Waals surface area contributed by atoms with E-state index < -0.39 is 0 Å². The maximum Gasteiger partial charge on any atom is 0.340 e. The Hall–Kier alpha value is -3.18. The van der Waals surface area contributed by atoms with Crippen LogP contribution in [0.3, 0.4) is 0 Å². The summed E-state index contributed by atoms with van der Waals surface area (Å²) < 4.78 is 21.3. The van der Waals surface area contributed by atoms with E-state index in [0.717, 1.165) is 33.1 Å². The van der Waals surface area contributed by atoms with Gasteiger partial charge in [-0.25, -0.2) is 9.18 Å². The van der Waals surface area contributed by atoms with Crippen molar-refractivity contribution in [1.29, 1.82) is 0 Å². The second kappa shape index (κ2) is 7.09. The van der Waals surface area contributed by atoms with Gasteiger partial charge >= 0.3 is 5.97 Å². The zero-order valence-corrected chi connectivity index (χ0v) is 15.8. The van der Waals surface area contributed by atoms with Crippen molar-refractivity contribution in [2.45, 2.75) is 13.5 Å². The summed E-state index contributed by atoms with van der Waals surface area (Å²) in [5.74, 6) is -0.608. The molecule has 28 heavy (non-hydrogen) atoms. The van der Waals surface area contributed by atoms with Crippen molar-refractivity contribution in [3.05, 3.63) is 71.7 Å². The van der Waals surface area contributed by atoms with Crippen LogP contribution in [0.1, 0.15) is 23.0 Å². The molecule has 0 bridgehead atoms. The molecule has 4 aromatic rings. The quantitative estimate of drug-likeness (QED) is 0.522. The van der Waals surface area contributed by atoms with E-state index >= 15 is 0 Å². The van der Waals surface area contributed by atoms with Crippen molar-refractivity contribution < 1.29 is 13.9 Å². The molecule has 0 atom stereocenters. The number of hydrogen-bond acceptors (Lipinski definition) is 3. The van der Waals surface area contributed by atoms with Crippen molar-refractivity contribution in [2.75, 3.05) is 6.61 Å². The van der Waals surface area contributed by atoms with Crippen molar-refractivity contribution in [3.63, 3.8) is 0 Å². The third kappa shape index (κ3) is 2.75. The van der Waals surface area contributed by atoms with Crippen LogP contribution >= 0.6 is 0 Å². The number of ether oxygens (including phenoxy) is 1. The van der Waals surface area contributed by atoms with E-state index in [2.05, 4.69) is 0 Å². The van der Waals surface area contributed by atoms with Crippen LogP contribution < -0.4 is 5.73 Å². The molecule has 2 N–H and O–H groups in total. The lowest BCUT2D eigenvalue weighted by atomic mass is 9.97. The maximum absolute atomic E-state index is 14.2. The smallest absolute Gasteiger partial charge is 0.340 e. The Balaban J connectivity index is 1.96. The van der Waals surface area contributed by atoms with Crippen LogP contribution in [0.15, 0.2) is 54.6 Å². The van der Waals surface area contributed by atoms with Gasteiger partial charge in [0, 0.05) is 35.6 Å². The minimum Gasteiger partial charge on any atom is -0.462 e. The summed E-state index contributed by atoms with van der Waals surface area (Å²) in [7, 11) is 1.89. The van der Waals surface area contributed by atoms with Crippen LogP contribution in [0.2, 0.25) is 0 Å². The van der Waals surface area contributed by atoms with Crippen molar-refractivity contribution in [2.24, 2.45) is 12.8 Å². The first-order valence-corrected chi connectivity index (χ1v) is 9.23. The molecule has 0 saturated carbocycles. The SMILES string of the molecule is CCOC(=O)c1c(CN)n(C)c2cc(-c3cccc4c(F)cccc34)ccc12. The monoisotopic (exact) mass is 376 g/mol. The highest BCUT2D eigenvalue weighted by molar-refractivity contribution is 6.07. The van der Waals surface area contributed by atoms with Gasteiger partial charge in [0.15, 0.2) is 0 Å². The third-order valence-electron chi connectivity index (χ3n) is 5.17. The first-order chi connectivity index (χ1) is 13.6. The standard InChI is InChI=1S/C23H21FN2O2/c1-3-28-23(27)22-18-11-10-14(12-20(18)26(2)21(22)13-25)15-6-4-8-17-16(15)7-5-9-19(17)24/h4-12H,3,13,25H2,1-2H3. The maximum atomic E-state index is 14.2. The number of aryl methyl sites for hydroxylation is 1. The van der Waals surface area contributed by atoms with Gasteiger partial charge in [0.1, 0.15) is 5.82 Å². The number of nitrogens with two attached hydrogens (primary N) is 1. The van der Waals surface area contributed by atoms with Crippen LogP contribution in [0, 0.1) is 5.82 Å². The van der Waals surface area contributed by atoms with Crippen LogP contribution in [0.4, 0.5) is 4.39 Å². The predicted molar refractivity (Wildman–Crippen MR) is 110 cm³/mol. The van der Waals surface area contributed by atoms with Gasteiger partial charge in [-0.2, -0.15) is 0 Å². The largest absolute Gasteiger partial charge is 0.462 e. The fourth-order valence-corrected chi connectivity index (χ4v) is 3.85.